The van der Waals surface area contributed by atoms with Gasteiger partial charge in [0.05, 0.1) is 6.10 Å². The minimum absolute atomic E-state index is 0.0761. The van der Waals surface area contributed by atoms with Crippen molar-refractivity contribution >= 4 is 22.9 Å². The number of aliphatic hydroxyl groups excluding tert-OH is 3. The van der Waals surface area contributed by atoms with E-state index < -0.39 is 90.3 Å². The van der Waals surface area contributed by atoms with Crippen LogP contribution >= 0.6 is 0 Å². The molecule has 8 N–H and O–H groups in total. The molecule has 0 aliphatic carbocycles. The summed E-state index contributed by atoms with van der Waals surface area (Å²) in [6, 6.07) is 5.46. The molecule has 0 bridgehead atoms. The highest BCUT2D eigenvalue weighted by atomic mass is 16.6. The number of aromatic hydroxyl groups is 4. The van der Waals surface area contributed by atoms with Crippen LogP contribution in [0.5, 0.6) is 23.0 Å². The van der Waals surface area contributed by atoms with Crippen molar-refractivity contribution in [3.05, 3.63) is 46.1 Å². The van der Waals surface area contributed by atoms with Gasteiger partial charge < -0.3 is 54.7 Å². The van der Waals surface area contributed by atoms with Gasteiger partial charge in [0.1, 0.15) is 65.7 Å². The van der Waals surface area contributed by atoms with Gasteiger partial charge in [-0.3, -0.25) is 14.4 Å². The Labute approximate surface area is 218 Å². The number of benzene rings is 2. The van der Waals surface area contributed by atoms with E-state index in [0.29, 0.717) is 0 Å². The molecule has 1 fully saturated rings. The maximum atomic E-state index is 13.5. The summed E-state index contributed by atoms with van der Waals surface area (Å²) in [6.45, 7) is -0.682. The molecular formula is C25H24O14. The van der Waals surface area contributed by atoms with E-state index in [9.17, 15) is 50.1 Å². The second-order valence-electron chi connectivity index (χ2n) is 8.92. The first-order valence-electron chi connectivity index (χ1n) is 11.5. The summed E-state index contributed by atoms with van der Waals surface area (Å²) >= 11 is 0. The molecule has 2 heterocycles. The normalized spacial score (nSPS) is 23.0. The molecule has 2 aromatic carbocycles. The highest BCUT2D eigenvalue weighted by Crippen LogP contribution is 2.37. The number of hydrogen-bond acceptors (Lipinski definition) is 13. The van der Waals surface area contributed by atoms with E-state index in [1.807, 2.05) is 0 Å². The number of aliphatic hydroxyl groups is 3. The number of carboxylic acids is 1. The van der Waals surface area contributed by atoms with E-state index in [1.165, 1.54) is 6.07 Å². The molecule has 1 saturated heterocycles. The predicted molar refractivity (Wildman–Crippen MR) is 128 cm³/mol. The number of phenolic OH excluding ortho intramolecular Hbond substituents is 4. The van der Waals surface area contributed by atoms with E-state index in [-0.39, 0.29) is 27.9 Å². The van der Waals surface area contributed by atoms with Crippen LogP contribution in [0.2, 0.25) is 0 Å². The fourth-order valence-electron chi connectivity index (χ4n) is 4.29. The number of carbonyl (C=O) groups excluding carboxylic acids is 1. The molecule has 1 aliphatic heterocycles. The topological polar surface area (TPSA) is 245 Å². The smallest absolute Gasteiger partial charge is 0.317 e. The Morgan fingerprint density at radius 2 is 1.56 bits per heavy atom. The SMILES string of the molecule is O=C(O)CC(=O)OC[C@H]1O[C@H](Cc2c(-c3ccc(O)c(O)c3)oc3cc(O)cc(O)c3c2=O)[C@H](O)[C@@H](O)[C@@H]1O. The summed E-state index contributed by atoms with van der Waals surface area (Å²) in [5.74, 6) is -4.86. The number of phenols is 4. The molecule has 0 amide bonds. The van der Waals surface area contributed by atoms with Crippen molar-refractivity contribution < 1.29 is 64.3 Å². The zero-order valence-electron chi connectivity index (χ0n) is 19.9. The van der Waals surface area contributed by atoms with Crippen LogP contribution in [0.4, 0.5) is 0 Å². The molecule has 39 heavy (non-hydrogen) atoms. The molecule has 208 valence electrons. The molecule has 3 aromatic rings. The van der Waals surface area contributed by atoms with Gasteiger partial charge in [0, 0.05) is 29.7 Å². The molecule has 0 unspecified atom stereocenters. The Morgan fingerprint density at radius 1 is 0.872 bits per heavy atom. The minimum atomic E-state index is -1.83. The van der Waals surface area contributed by atoms with Gasteiger partial charge in [-0.2, -0.15) is 0 Å². The third-order valence-corrected chi connectivity index (χ3v) is 6.21. The minimum Gasteiger partial charge on any atom is -0.508 e. The third-order valence-electron chi connectivity index (χ3n) is 6.21. The van der Waals surface area contributed by atoms with Crippen molar-refractivity contribution in [3.63, 3.8) is 0 Å². The Morgan fingerprint density at radius 3 is 2.23 bits per heavy atom. The fraction of sp³-hybridized carbons (Fsp3) is 0.320. The quantitative estimate of drug-likeness (QED) is 0.107. The van der Waals surface area contributed by atoms with Crippen LogP contribution in [0.1, 0.15) is 12.0 Å². The third kappa shape index (κ3) is 5.58. The van der Waals surface area contributed by atoms with Crippen molar-refractivity contribution in [3.8, 4) is 34.3 Å². The monoisotopic (exact) mass is 548 g/mol. The van der Waals surface area contributed by atoms with E-state index in [4.69, 9.17) is 19.0 Å². The molecule has 4 rings (SSSR count). The summed E-state index contributed by atoms with van der Waals surface area (Å²) < 4.78 is 16.2. The predicted octanol–water partition coefficient (Wildman–Crippen LogP) is -0.307. The van der Waals surface area contributed by atoms with Crippen LogP contribution in [0, 0.1) is 0 Å². The van der Waals surface area contributed by atoms with Crippen LogP contribution in [-0.4, -0.2) is 89.9 Å². The number of fused-ring (bicyclic) bond motifs is 1. The number of esters is 1. The maximum absolute atomic E-state index is 13.5. The average Bonchev–Trinajstić information content (AvgIpc) is 2.85. The summed E-state index contributed by atoms with van der Waals surface area (Å²) in [7, 11) is 0. The van der Waals surface area contributed by atoms with Gasteiger partial charge in [-0.1, -0.05) is 0 Å². The van der Waals surface area contributed by atoms with Gasteiger partial charge in [0.2, 0.25) is 0 Å². The van der Waals surface area contributed by atoms with Crippen molar-refractivity contribution in [2.45, 2.75) is 43.4 Å². The lowest BCUT2D eigenvalue weighted by Crippen LogP contribution is -2.59. The number of rotatable bonds is 7. The maximum Gasteiger partial charge on any atom is 0.317 e. The first-order chi connectivity index (χ1) is 18.4. The van der Waals surface area contributed by atoms with Crippen LogP contribution in [0.3, 0.4) is 0 Å². The zero-order chi connectivity index (χ0) is 28.6. The van der Waals surface area contributed by atoms with Crippen LogP contribution < -0.4 is 5.43 Å². The Hall–Kier alpha value is -4.37. The second-order valence-corrected chi connectivity index (χ2v) is 8.92. The van der Waals surface area contributed by atoms with Crippen LogP contribution in [0.25, 0.3) is 22.3 Å². The van der Waals surface area contributed by atoms with E-state index in [1.54, 1.807) is 0 Å². The molecule has 1 aliphatic rings. The van der Waals surface area contributed by atoms with E-state index in [0.717, 1.165) is 24.3 Å². The number of carboxylic acid groups (broad SMARTS) is 1. The van der Waals surface area contributed by atoms with Crippen molar-refractivity contribution in [1.82, 2.24) is 0 Å². The molecule has 0 spiro atoms. The van der Waals surface area contributed by atoms with Gasteiger partial charge in [-0.25, -0.2) is 0 Å². The van der Waals surface area contributed by atoms with Gasteiger partial charge in [0.25, 0.3) is 0 Å². The summed E-state index contributed by atoms with van der Waals surface area (Å²) in [6.07, 6.45) is -9.65. The summed E-state index contributed by atoms with van der Waals surface area (Å²) in [5.41, 5.74) is -1.19. The average molecular weight is 548 g/mol. The number of aliphatic carboxylic acids is 1. The van der Waals surface area contributed by atoms with Crippen molar-refractivity contribution in [1.29, 1.82) is 0 Å². The lowest BCUT2D eigenvalue weighted by molar-refractivity contribution is -0.231. The lowest BCUT2D eigenvalue weighted by atomic mass is 9.90. The number of hydrogen-bond donors (Lipinski definition) is 8. The van der Waals surface area contributed by atoms with E-state index >= 15 is 0 Å². The van der Waals surface area contributed by atoms with Gasteiger partial charge in [-0.15, -0.1) is 0 Å². The van der Waals surface area contributed by atoms with E-state index in [2.05, 4.69) is 0 Å². The lowest BCUT2D eigenvalue weighted by Gasteiger charge is -2.40. The van der Waals surface area contributed by atoms with Gasteiger partial charge in [0.15, 0.2) is 16.9 Å². The fourth-order valence-corrected chi connectivity index (χ4v) is 4.29. The standard InChI is InChI=1S/C25H24O14/c26-10-4-14(29)20-15(5-10)39-25(9-1-2-12(27)13(28)3-9)11(21(20)33)6-16-22(34)24(36)23(35)17(38-16)8-37-19(32)7-18(30)31/h1-5,16-17,22-24,26-29,34-36H,6-8H2,(H,30,31)/t16-,17-,22+,23-,24-/m1/s1. The second kappa shape index (κ2) is 10.8. The molecule has 0 radical (unpaired) electrons. The largest absolute Gasteiger partial charge is 0.508 e. The van der Waals surface area contributed by atoms with Crippen molar-refractivity contribution in [2.75, 3.05) is 6.61 Å². The molecule has 0 saturated carbocycles. The first-order valence-corrected chi connectivity index (χ1v) is 11.5. The first kappa shape index (κ1) is 27.7. The Balaban J connectivity index is 1.76. The molecule has 5 atom stereocenters. The molecule has 14 heteroatoms. The highest BCUT2D eigenvalue weighted by molar-refractivity contribution is 5.90. The van der Waals surface area contributed by atoms with Crippen LogP contribution in [0.15, 0.2) is 39.5 Å². The highest BCUT2D eigenvalue weighted by Gasteiger charge is 2.44. The Kier molecular flexibility index (Phi) is 7.65. The number of ether oxygens (including phenoxy) is 2. The zero-order valence-corrected chi connectivity index (χ0v) is 19.9. The number of carbonyl (C=O) groups is 2. The molecular weight excluding hydrogens is 524 g/mol. The Bertz CT molecular complexity index is 1480. The molecule has 1 aromatic heterocycles. The molecule has 14 nitrogen and oxygen atoms in total. The van der Waals surface area contributed by atoms with Crippen molar-refractivity contribution in [2.24, 2.45) is 0 Å². The summed E-state index contributed by atoms with van der Waals surface area (Å²) in [4.78, 5) is 35.8. The summed E-state index contributed by atoms with van der Waals surface area (Å²) in [5, 5.41) is 79.5. The van der Waals surface area contributed by atoms with Gasteiger partial charge >= 0.3 is 11.9 Å². The van der Waals surface area contributed by atoms with Gasteiger partial charge in [-0.05, 0) is 18.2 Å². The van der Waals surface area contributed by atoms with Crippen LogP contribution in [-0.2, 0) is 25.5 Å².